The first-order valence-corrected chi connectivity index (χ1v) is 5.78. The van der Waals surface area contributed by atoms with Gasteiger partial charge in [-0.2, -0.15) is 0 Å². The molecule has 1 aliphatic carbocycles. The van der Waals surface area contributed by atoms with Crippen molar-refractivity contribution in [2.75, 3.05) is 13.6 Å². The molecule has 1 saturated carbocycles. The SMILES string of the molecule is CCCCN(C)C(N)=NC1CCCC1. The summed E-state index contributed by atoms with van der Waals surface area (Å²) in [4.78, 5) is 6.62. The third kappa shape index (κ3) is 3.56. The number of nitrogens with zero attached hydrogens (tertiary/aromatic N) is 2. The molecule has 2 N–H and O–H groups in total. The van der Waals surface area contributed by atoms with E-state index in [-0.39, 0.29) is 0 Å². The second-order valence-electron chi connectivity index (χ2n) is 4.20. The zero-order valence-corrected chi connectivity index (χ0v) is 9.50. The number of rotatable bonds is 4. The first-order chi connectivity index (χ1) is 6.74. The van der Waals surface area contributed by atoms with E-state index in [4.69, 9.17) is 5.73 Å². The van der Waals surface area contributed by atoms with Crippen LogP contribution in [0.5, 0.6) is 0 Å². The molecule has 1 rings (SSSR count). The lowest BCUT2D eigenvalue weighted by Crippen LogP contribution is -2.35. The van der Waals surface area contributed by atoms with Crippen molar-refractivity contribution in [2.24, 2.45) is 10.7 Å². The Morgan fingerprint density at radius 2 is 2.07 bits per heavy atom. The molecule has 14 heavy (non-hydrogen) atoms. The third-order valence-corrected chi connectivity index (χ3v) is 2.88. The maximum Gasteiger partial charge on any atom is 0.191 e. The lowest BCUT2D eigenvalue weighted by Gasteiger charge is -2.18. The normalized spacial score (nSPS) is 18.9. The van der Waals surface area contributed by atoms with Crippen molar-refractivity contribution in [2.45, 2.75) is 51.5 Å². The molecular formula is C11H23N3. The first kappa shape index (κ1) is 11.3. The molecule has 0 aliphatic heterocycles. The fraction of sp³-hybridized carbons (Fsp3) is 0.909. The molecule has 0 saturated heterocycles. The van der Waals surface area contributed by atoms with Crippen LogP contribution in [0.1, 0.15) is 45.4 Å². The predicted octanol–water partition coefficient (Wildman–Crippen LogP) is 1.98. The highest BCUT2D eigenvalue weighted by molar-refractivity contribution is 5.77. The first-order valence-electron chi connectivity index (χ1n) is 5.78. The average molecular weight is 197 g/mol. The van der Waals surface area contributed by atoms with Crippen molar-refractivity contribution >= 4 is 5.96 Å². The Labute approximate surface area is 87.4 Å². The highest BCUT2D eigenvalue weighted by Crippen LogP contribution is 2.20. The van der Waals surface area contributed by atoms with Gasteiger partial charge in [0.15, 0.2) is 5.96 Å². The van der Waals surface area contributed by atoms with Gasteiger partial charge in [-0.1, -0.05) is 26.2 Å². The Bertz CT molecular complexity index is 183. The summed E-state index contributed by atoms with van der Waals surface area (Å²) < 4.78 is 0. The van der Waals surface area contributed by atoms with Gasteiger partial charge in [0, 0.05) is 13.6 Å². The number of aliphatic imine (C=N–C) groups is 1. The predicted molar refractivity (Wildman–Crippen MR) is 61.4 cm³/mol. The number of hydrogen-bond acceptors (Lipinski definition) is 1. The molecule has 0 amide bonds. The van der Waals surface area contributed by atoms with Gasteiger partial charge in [0.1, 0.15) is 0 Å². The highest BCUT2D eigenvalue weighted by atomic mass is 15.2. The van der Waals surface area contributed by atoms with Gasteiger partial charge >= 0.3 is 0 Å². The highest BCUT2D eigenvalue weighted by Gasteiger charge is 2.14. The fourth-order valence-electron chi connectivity index (χ4n) is 1.83. The monoisotopic (exact) mass is 197 g/mol. The van der Waals surface area contributed by atoms with Gasteiger partial charge in [-0.05, 0) is 19.3 Å². The summed E-state index contributed by atoms with van der Waals surface area (Å²) in [6, 6.07) is 0.499. The van der Waals surface area contributed by atoms with E-state index in [1.807, 2.05) is 7.05 Å². The lowest BCUT2D eigenvalue weighted by atomic mass is 10.3. The van der Waals surface area contributed by atoms with E-state index in [1.165, 1.54) is 38.5 Å². The minimum Gasteiger partial charge on any atom is -0.370 e. The number of unbranched alkanes of at least 4 members (excludes halogenated alkanes) is 1. The molecule has 0 aromatic rings. The number of guanidine groups is 1. The molecule has 1 aliphatic rings. The molecule has 0 spiro atoms. The molecular weight excluding hydrogens is 174 g/mol. The summed E-state index contributed by atoms with van der Waals surface area (Å²) in [5.74, 6) is 0.727. The second kappa shape index (κ2) is 5.89. The van der Waals surface area contributed by atoms with E-state index in [0.717, 1.165) is 12.5 Å². The maximum absolute atomic E-state index is 5.91. The molecule has 0 aromatic carbocycles. The van der Waals surface area contributed by atoms with E-state index in [2.05, 4.69) is 16.8 Å². The molecule has 0 bridgehead atoms. The van der Waals surface area contributed by atoms with Gasteiger partial charge < -0.3 is 10.6 Å². The number of hydrogen-bond donors (Lipinski definition) is 1. The molecule has 0 radical (unpaired) electrons. The van der Waals surface area contributed by atoms with Gasteiger partial charge in [-0.3, -0.25) is 0 Å². The second-order valence-corrected chi connectivity index (χ2v) is 4.20. The van der Waals surface area contributed by atoms with Crippen molar-refractivity contribution < 1.29 is 0 Å². The third-order valence-electron chi connectivity index (χ3n) is 2.88. The Morgan fingerprint density at radius 3 is 2.64 bits per heavy atom. The molecule has 0 atom stereocenters. The average Bonchev–Trinajstić information content (AvgIpc) is 2.66. The molecule has 0 aromatic heterocycles. The quantitative estimate of drug-likeness (QED) is 0.553. The van der Waals surface area contributed by atoms with Crippen LogP contribution in [0.15, 0.2) is 4.99 Å². The molecule has 0 unspecified atom stereocenters. The molecule has 3 heteroatoms. The van der Waals surface area contributed by atoms with E-state index >= 15 is 0 Å². The maximum atomic E-state index is 5.91. The minimum atomic E-state index is 0.499. The van der Waals surface area contributed by atoms with Gasteiger partial charge in [-0.15, -0.1) is 0 Å². The van der Waals surface area contributed by atoms with Crippen LogP contribution >= 0.6 is 0 Å². The summed E-state index contributed by atoms with van der Waals surface area (Å²) in [6.45, 7) is 3.22. The largest absolute Gasteiger partial charge is 0.370 e. The molecule has 0 heterocycles. The lowest BCUT2D eigenvalue weighted by molar-refractivity contribution is 0.473. The van der Waals surface area contributed by atoms with Gasteiger partial charge in [-0.25, -0.2) is 4.99 Å². The summed E-state index contributed by atoms with van der Waals surface area (Å²) >= 11 is 0. The van der Waals surface area contributed by atoms with Crippen molar-refractivity contribution in [3.05, 3.63) is 0 Å². The van der Waals surface area contributed by atoms with Crippen LogP contribution in [-0.2, 0) is 0 Å². The van der Waals surface area contributed by atoms with E-state index < -0.39 is 0 Å². The van der Waals surface area contributed by atoms with Crippen molar-refractivity contribution in [3.8, 4) is 0 Å². The van der Waals surface area contributed by atoms with E-state index in [0.29, 0.717) is 6.04 Å². The number of nitrogens with two attached hydrogens (primary N) is 1. The molecule has 1 fully saturated rings. The van der Waals surface area contributed by atoms with Gasteiger partial charge in [0.05, 0.1) is 6.04 Å². The molecule has 3 nitrogen and oxygen atoms in total. The van der Waals surface area contributed by atoms with Gasteiger partial charge in [0.25, 0.3) is 0 Å². The van der Waals surface area contributed by atoms with Crippen LogP contribution < -0.4 is 5.73 Å². The van der Waals surface area contributed by atoms with Crippen LogP contribution in [-0.4, -0.2) is 30.5 Å². The van der Waals surface area contributed by atoms with Crippen molar-refractivity contribution in [3.63, 3.8) is 0 Å². The fourth-order valence-corrected chi connectivity index (χ4v) is 1.83. The molecule has 82 valence electrons. The standard InChI is InChI=1S/C11H23N3/c1-3-4-9-14(2)11(12)13-10-7-5-6-8-10/h10H,3-9H2,1-2H3,(H2,12,13). The smallest absolute Gasteiger partial charge is 0.191 e. The topological polar surface area (TPSA) is 41.6 Å². The van der Waals surface area contributed by atoms with Crippen molar-refractivity contribution in [1.29, 1.82) is 0 Å². The Hall–Kier alpha value is -0.730. The summed E-state index contributed by atoms with van der Waals surface area (Å²) in [7, 11) is 2.03. The van der Waals surface area contributed by atoms with Crippen LogP contribution in [0.25, 0.3) is 0 Å². The van der Waals surface area contributed by atoms with Crippen LogP contribution in [0.4, 0.5) is 0 Å². The van der Waals surface area contributed by atoms with Crippen molar-refractivity contribution in [1.82, 2.24) is 4.90 Å². The Kier molecular flexibility index (Phi) is 4.77. The summed E-state index contributed by atoms with van der Waals surface area (Å²) in [5, 5.41) is 0. The minimum absolute atomic E-state index is 0.499. The zero-order chi connectivity index (χ0) is 10.4. The summed E-state index contributed by atoms with van der Waals surface area (Å²) in [6.07, 6.45) is 7.49. The van der Waals surface area contributed by atoms with Crippen LogP contribution in [0, 0.1) is 0 Å². The van der Waals surface area contributed by atoms with E-state index in [1.54, 1.807) is 0 Å². The van der Waals surface area contributed by atoms with E-state index in [9.17, 15) is 0 Å². The zero-order valence-electron chi connectivity index (χ0n) is 9.50. The Balaban J connectivity index is 2.33. The summed E-state index contributed by atoms with van der Waals surface area (Å²) in [5.41, 5.74) is 5.91. The Morgan fingerprint density at radius 1 is 1.43 bits per heavy atom. The van der Waals surface area contributed by atoms with Gasteiger partial charge in [0.2, 0.25) is 0 Å². The van der Waals surface area contributed by atoms with Crippen LogP contribution in [0.2, 0.25) is 0 Å². The van der Waals surface area contributed by atoms with Crippen LogP contribution in [0.3, 0.4) is 0 Å².